The van der Waals surface area contributed by atoms with Crippen LogP contribution in [0.5, 0.6) is 0 Å². The van der Waals surface area contributed by atoms with Crippen LogP contribution >= 0.6 is 22.6 Å². The Morgan fingerprint density at radius 1 is 1.56 bits per heavy atom. The summed E-state index contributed by atoms with van der Waals surface area (Å²) in [6.07, 6.45) is 4.81. The van der Waals surface area contributed by atoms with E-state index in [0.717, 1.165) is 5.69 Å². The van der Waals surface area contributed by atoms with E-state index in [1.165, 1.54) is 4.90 Å². The highest BCUT2D eigenvalue weighted by Crippen LogP contribution is 2.15. The average molecular weight is 329 g/mol. The Balaban J connectivity index is 2.84. The minimum absolute atomic E-state index is 0.186. The fourth-order valence-corrected chi connectivity index (χ4v) is 1.38. The summed E-state index contributed by atoms with van der Waals surface area (Å²) >= 11 is 2.02. The van der Waals surface area contributed by atoms with Crippen LogP contribution in [0.3, 0.4) is 0 Å². The van der Waals surface area contributed by atoms with Crippen molar-refractivity contribution in [3.63, 3.8) is 0 Å². The first-order valence-electron chi connectivity index (χ1n) is 4.76. The summed E-state index contributed by atoms with van der Waals surface area (Å²) in [6, 6.07) is 9.20. The van der Waals surface area contributed by atoms with Gasteiger partial charge in [0.15, 0.2) is 4.11 Å². The number of anilines is 1. The van der Waals surface area contributed by atoms with E-state index in [1.807, 2.05) is 52.9 Å². The second-order valence-corrected chi connectivity index (χ2v) is 4.81. The van der Waals surface area contributed by atoms with Gasteiger partial charge in [0.1, 0.15) is 0 Å². The van der Waals surface area contributed by atoms with Gasteiger partial charge in [-0.2, -0.15) is 0 Å². The van der Waals surface area contributed by atoms with Gasteiger partial charge in [-0.05, 0) is 41.6 Å². The van der Waals surface area contributed by atoms with Crippen molar-refractivity contribution in [1.29, 1.82) is 0 Å². The number of halogens is 1. The topological polar surface area (TPSA) is 29.5 Å². The maximum absolute atomic E-state index is 11.7. The molecular weight excluding hydrogens is 317 g/mol. The van der Waals surface area contributed by atoms with E-state index in [2.05, 4.69) is 5.92 Å². The molecule has 0 fully saturated rings. The summed E-state index contributed by atoms with van der Waals surface area (Å²) in [5, 5.41) is 0. The quantitative estimate of drug-likeness (QED) is 0.485. The number of para-hydroxylation sites is 1. The summed E-state index contributed by atoms with van der Waals surface area (Å²) in [7, 11) is 0. The lowest BCUT2D eigenvalue weighted by atomic mass is 10.3. The maximum atomic E-state index is 11.7. The van der Waals surface area contributed by atoms with Crippen molar-refractivity contribution in [2.45, 2.75) is 11.0 Å². The number of carbonyl (C=O) groups is 1. The number of rotatable bonds is 3. The van der Waals surface area contributed by atoms with Crippen LogP contribution in [0.1, 0.15) is 6.92 Å². The third kappa shape index (κ3) is 3.74. The van der Waals surface area contributed by atoms with E-state index in [1.54, 1.807) is 6.92 Å². The summed E-state index contributed by atoms with van der Waals surface area (Å²) in [6.45, 7) is 1.99. The molecule has 1 rings (SSSR count). The van der Waals surface area contributed by atoms with Gasteiger partial charge >= 0.3 is 6.09 Å². The molecule has 0 aliphatic heterocycles. The normalized spacial score (nSPS) is 11.3. The Bertz CT molecular complexity index is 384. The van der Waals surface area contributed by atoms with Crippen LogP contribution in [-0.2, 0) is 4.74 Å². The third-order valence-corrected chi connectivity index (χ3v) is 2.06. The molecule has 0 saturated heterocycles. The zero-order valence-corrected chi connectivity index (χ0v) is 11.0. The Morgan fingerprint density at radius 2 is 2.19 bits per heavy atom. The number of amides is 1. The van der Waals surface area contributed by atoms with Gasteiger partial charge in [-0.25, -0.2) is 4.79 Å². The largest absolute Gasteiger partial charge is 0.435 e. The minimum Gasteiger partial charge on any atom is -0.435 e. The third-order valence-electron chi connectivity index (χ3n) is 1.80. The standard InChI is InChI=1S/C12H12INO2/c1-3-9-14(12(15)16-10(2)13)11-7-5-4-6-8-11/h1,4-8,10H,9H2,2H3. The first-order chi connectivity index (χ1) is 7.65. The van der Waals surface area contributed by atoms with Crippen LogP contribution in [0.4, 0.5) is 10.5 Å². The molecule has 1 amide bonds. The highest BCUT2D eigenvalue weighted by atomic mass is 127. The fraction of sp³-hybridized carbons (Fsp3) is 0.250. The Morgan fingerprint density at radius 3 is 2.69 bits per heavy atom. The van der Waals surface area contributed by atoms with Crippen molar-refractivity contribution in [2.24, 2.45) is 0 Å². The molecule has 0 bridgehead atoms. The Kier molecular flexibility index (Phi) is 5.12. The molecule has 1 aromatic rings. The molecule has 0 spiro atoms. The molecular formula is C12H12INO2. The number of alkyl halides is 1. The van der Waals surface area contributed by atoms with E-state index in [9.17, 15) is 4.79 Å². The smallest absolute Gasteiger partial charge is 0.416 e. The van der Waals surface area contributed by atoms with Crippen molar-refractivity contribution >= 4 is 34.4 Å². The Hall–Kier alpha value is -1.22. The van der Waals surface area contributed by atoms with Crippen molar-refractivity contribution in [3.8, 4) is 12.3 Å². The number of hydrogen-bond acceptors (Lipinski definition) is 2. The van der Waals surface area contributed by atoms with Crippen LogP contribution in [0.2, 0.25) is 0 Å². The van der Waals surface area contributed by atoms with Gasteiger partial charge in [-0.15, -0.1) is 6.42 Å². The zero-order valence-electron chi connectivity index (χ0n) is 8.89. The maximum Gasteiger partial charge on any atom is 0.416 e. The van der Waals surface area contributed by atoms with Crippen LogP contribution in [0, 0.1) is 12.3 Å². The average Bonchev–Trinajstić information content (AvgIpc) is 2.26. The molecule has 0 N–H and O–H groups in total. The van der Waals surface area contributed by atoms with Crippen molar-refractivity contribution in [3.05, 3.63) is 30.3 Å². The molecule has 0 saturated carbocycles. The molecule has 4 heteroatoms. The second kappa shape index (κ2) is 6.38. The molecule has 1 aromatic carbocycles. The first-order valence-corrected chi connectivity index (χ1v) is 6.00. The summed E-state index contributed by atoms with van der Waals surface area (Å²) in [5.41, 5.74) is 0.738. The number of ether oxygens (including phenoxy) is 1. The van der Waals surface area contributed by atoms with E-state index in [4.69, 9.17) is 11.2 Å². The molecule has 84 valence electrons. The molecule has 16 heavy (non-hydrogen) atoms. The first kappa shape index (κ1) is 12.8. The predicted molar refractivity (Wildman–Crippen MR) is 72.6 cm³/mol. The summed E-state index contributed by atoms with van der Waals surface area (Å²) < 4.78 is 4.91. The number of benzene rings is 1. The minimum atomic E-state index is -0.425. The molecule has 3 nitrogen and oxygen atoms in total. The van der Waals surface area contributed by atoms with E-state index < -0.39 is 6.09 Å². The predicted octanol–water partition coefficient (Wildman–Crippen LogP) is 3.04. The monoisotopic (exact) mass is 329 g/mol. The van der Waals surface area contributed by atoms with Crippen LogP contribution in [0.25, 0.3) is 0 Å². The molecule has 0 aliphatic carbocycles. The van der Waals surface area contributed by atoms with Crippen LogP contribution in [-0.4, -0.2) is 16.7 Å². The van der Waals surface area contributed by atoms with Gasteiger partial charge in [0, 0.05) is 5.69 Å². The van der Waals surface area contributed by atoms with Gasteiger partial charge in [0.05, 0.1) is 6.54 Å². The molecule has 1 unspecified atom stereocenters. The van der Waals surface area contributed by atoms with Gasteiger partial charge in [-0.1, -0.05) is 24.1 Å². The lowest BCUT2D eigenvalue weighted by molar-refractivity contribution is 0.154. The van der Waals surface area contributed by atoms with Crippen molar-refractivity contribution in [1.82, 2.24) is 0 Å². The second-order valence-electron chi connectivity index (χ2n) is 3.05. The lowest BCUT2D eigenvalue weighted by Gasteiger charge is -2.20. The SMILES string of the molecule is C#CCN(C(=O)OC(C)I)c1ccccc1. The molecule has 0 aromatic heterocycles. The number of terminal acetylenes is 1. The number of hydrogen-bond donors (Lipinski definition) is 0. The number of carbonyl (C=O) groups excluding carboxylic acids is 1. The molecule has 0 heterocycles. The zero-order chi connectivity index (χ0) is 12.0. The fourth-order valence-electron chi connectivity index (χ4n) is 1.16. The van der Waals surface area contributed by atoms with Crippen molar-refractivity contribution < 1.29 is 9.53 Å². The highest BCUT2D eigenvalue weighted by molar-refractivity contribution is 14.1. The van der Waals surface area contributed by atoms with E-state index in [-0.39, 0.29) is 10.7 Å². The summed E-state index contributed by atoms with van der Waals surface area (Å²) in [4.78, 5) is 13.2. The molecule has 0 aliphatic rings. The van der Waals surface area contributed by atoms with Gasteiger partial charge in [0.2, 0.25) is 0 Å². The Labute approximate surface area is 109 Å². The van der Waals surface area contributed by atoms with Gasteiger partial charge < -0.3 is 4.74 Å². The summed E-state index contributed by atoms with van der Waals surface area (Å²) in [5.74, 6) is 2.44. The van der Waals surface area contributed by atoms with Gasteiger partial charge in [-0.3, -0.25) is 4.90 Å². The number of nitrogens with zero attached hydrogens (tertiary/aromatic N) is 1. The van der Waals surface area contributed by atoms with Crippen LogP contribution < -0.4 is 4.90 Å². The molecule has 0 radical (unpaired) electrons. The van der Waals surface area contributed by atoms with E-state index in [0.29, 0.717) is 0 Å². The van der Waals surface area contributed by atoms with Gasteiger partial charge in [0.25, 0.3) is 0 Å². The van der Waals surface area contributed by atoms with E-state index >= 15 is 0 Å². The lowest BCUT2D eigenvalue weighted by Crippen LogP contribution is -2.32. The van der Waals surface area contributed by atoms with Crippen molar-refractivity contribution in [2.75, 3.05) is 11.4 Å². The van der Waals surface area contributed by atoms with Crippen LogP contribution in [0.15, 0.2) is 30.3 Å². The molecule has 1 atom stereocenters. The highest BCUT2D eigenvalue weighted by Gasteiger charge is 2.17.